The van der Waals surface area contributed by atoms with Crippen LogP contribution in [0, 0.1) is 0 Å². The fraction of sp³-hybridized carbons (Fsp3) is 0.333. The van der Waals surface area contributed by atoms with Gasteiger partial charge >= 0.3 is 5.97 Å². The number of carbonyl (C=O) groups excluding carboxylic acids is 1. The van der Waals surface area contributed by atoms with Crippen LogP contribution in [-0.2, 0) is 9.53 Å². The van der Waals surface area contributed by atoms with Crippen LogP contribution in [0.25, 0.3) is 0 Å². The third-order valence-electron chi connectivity index (χ3n) is 3.39. The number of cyclic esters (lactones) is 1. The Labute approximate surface area is 93.3 Å². The lowest BCUT2D eigenvalue weighted by atomic mass is 9.74. The topological polar surface area (TPSA) is 50.7 Å². The summed E-state index contributed by atoms with van der Waals surface area (Å²) in [5.74, 6) is -0.253. The molecule has 2 aliphatic rings. The van der Waals surface area contributed by atoms with Crippen molar-refractivity contribution in [2.75, 3.05) is 0 Å². The highest BCUT2D eigenvalue weighted by Gasteiger charge is 2.63. The Morgan fingerprint density at radius 1 is 1.38 bits per heavy atom. The van der Waals surface area contributed by atoms with Crippen LogP contribution in [0.1, 0.15) is 18.4 Å². The van der Waals surface area contributed by atoms with Crippen LogP contribution in [0.2, 0.25) is 0 Å². The van der Waals surface area contributed by atoms with E-state index in [2.05, 4.69) is 10.5 Å². The third kappa shape index (κ3) is 0.988. The molecular weight excluding hydrogens is 204 g/mol. The van der Waals surface area contributed by atoms with E-state index in [4.69, 9.17) is 4.74 Å². The van der Waals surface area contributed by atoms with Gasteiger partial charge in [0.05, 0.1) is 5.92 Å². The number of hydrazone groups is 1. The van der Waals surface area contributed by atoms with E-state index in [9.17, 15) is 4.79 Å². The molecule has 1 N–H and O–H groups in total. The highest BCUT2D eigenvalue weighted by Crippen LogP contribution is 2.41. The van der Waals surface area contributed by atoms with Crippen molar-refractivity contribution in [1.29, 1.82) is 0 Å². The number of nitrogens with one attached hydrogen (secondary N) is 1. The molecule has 1 saturated heterocycles. The average Bonchev–Trinajstić information content (AvgIpc) is 2.78. The molecule has 4 nitrogen and oxygen atoms in total. The summed E-state index contributed by atoms with van der Waals surface area (Å²) in [6.07, 6.45) is 1.64. The summed E-state index contributed by atoms with van der Waals surface area (Å²) in [4.78, 5) is 11.7. The summed E-state index contributed by atoms with van der Waals surface area (Å²) in [5, 5.41) is 4.04. The molecule has 16 heavy (non-hydrogen) atoms. The molecule has 3 atom stereocenters. The molecule has 0 amide bonds. The monoisotopic (exact) mass is 216 g/mol. The highest BCUT2D eigenvalue weighted by atomic mass is 16.6. The molecule has 0 aliphatic carbocycles. The molecular formula is C12H12N2O2. The van der Waals surface area contributed by atoms with Crippen molar-refractivity contribution in [2.24, 2.45) is 5.10 Å². The number of hydrogen-bond acceptors (Lipinski definition) is 4. The SMILES string of the molecule is C[C@H]1OC(=O)[C@]12NN=C[C@@H]2c1ccccc1. The second-order valence-electron chi connectivity index (χ2n) is 4.19. The minimum Gasteiger partial charge on any atom is -0.458 e. The fourth-order valence-corrected chi connectivity index (χ4v) is 2.39. The predicted octanol–water partition coefficient (Wildman–Crippen LogP) is 1.04. The van der Waals surface area contributed by atoms with Crippen LogP contribution >= 0.6 is 0 Å². The van der Waals surface area contributed by atoms with E-state index >= 15 is 0 Å². The van der Waals surface area contributed by atoms with Crippen molar-refractivity contribution in [2.45, 2.75) is 24.5 Å². The maximum Gasteiger partial charge on any atom is 0.338 e. The number of carbonyl (C=O) groups is 1. The van der Waals surface area contributed by atoms with E-state index < -0.39 is 5.54 Å². The normalized spacial score (nSPS) is 35.7. The molecule has 0 aromatic heterocycles. The summed E-state index contributed by atoms with van der Waals surface area (Å²) in [7, 11) is 0. The molecule has 2 heterocycles. The molecule has 0 saturated carbocycles. The lowest BCUT2D eigenvalue weighted by Crippen LogP contribution is -2.69. The van der Waals surface area contributed by atoms with E-state index in [1.807, 2.05) is 37.3 Å². The smallest absolute Gasteiger partial charge is 0.338 e. The largest absolute Gasteiger partial charge is 0.458 e. The number of hydrogen-bond donors (Lipinski definition) is 1. The standard InChI is InChI=1S/C12H12N2O2/c1-8-12(11(15)16-8)10(7-13-14-12)9-5-3-2-4-6-9/h2-8,10,14H,1H3/t8-,10-,12+/m1/s1. The van der Waals surface area contributed by atoms with E-state index in [1.165, 1.54) is 0 Å². The van der Waals surface area contributed by atoms with Gasteiger partial charge in [-0.05, 0) is 12.5 Å². The van der Waals surface area contributed by atoms with Crippen molar-refractivity contribution in [3.63, 3.8) is 0 Å². The number of rotatable bonds is 1. The maximum atomic E-state index is 11.7. The van der Waals surface area contributed by atoms with Gasteiger partial charge in [-0.15, -0.1) is 0 Å². The van der Waals surface area contributed by atoms with Crippen molar-refractivity contribution in [3.05, 3.63) is 35.9 Å². The predicted molar refractivity (Wildman–Crippen MR) is 59.1 cm³/mol. The fourth-order valence-electron chi connectivity index (χ4n) is 2.39. The molecule has 82 valence electrons. The minimum absolute atomic E-state index is 0.0371. The quantitative estimate of drug-likeness (QED) is 0.714. The third-order valence-corrected chi connectivity index (χ3v) is 3.39. The molecule has 0 unspecified atom stereocenters. The first-order valence-electron chi connectivity index (χ1n) is 5.31. The molecule has 0 radical (unpaired) electrons. The number of ether oxygens (including phenoxy) is 1. The van der Waals surface area contributed by atoms with Crippen LogP contribution in [-0.4, -0.2) is 23.8 Å². The molecule has 1 spiro atoms. The average molecular weight is 216 g/mol. The van der Waals surface area contributed by atoms with Gasteiger partial charge in [0.1, 0.15) is 6.10 Å². The zero-order chi connectivity index (χ0) is 11.2. The van der Waals surface area contributed by atoms with Gasteiger partial charge in [0, 0.05) is 6.21 Å². The van der Waals surface area contributed by atoms with Crippen LogP contribution in [0.15, 0.2) is 35.4 Å². The Bertz CT molecular complexity index is 457. The second kappa shape index (κ2) is 3.07. The number of benzene rings is 1. The van der Waals surface area contributed by atoms with Gasteiger partial charge in [-0.1, -0.05) is 30.3 Å². The van der Waals surface area contributed by atoms with Gasteiger partial charge < -0.3 is 4.74 Å². The molecule has 1 fully saturated rings. The van der Waals surface area contributed by atoms with Gasteiger partial charge in [-0.25, -0.2) is 4.79 Å². The van der Waals surface area contributed by atoms with E-state index in [0.29, 0.717) is 0 Å². The number of nitrogens with zero attached hydrogens (tertiary/aromatic N) is 1. The first-order valence-corrected chi connectivity index (χ1v) is 5.31. The molecule has 1 aromatic carbocycles. The van der Waals surface area contributed by atoms with Gasteiger partial charge in [-0.2, -0.15) is 5.10 Å². The number of esters is 1. The van der Waals surface area contributed by atoms with E-state index in [1.54, 1.807) is 6.21 Å². The van der Waals surface area contributed by atoms with Crippen molar-refractivity contribution in [1.82, 2.24) is 5.43 Å². The summed E-state index contributed by atoms with van der Waals surface area (Å²) >= 11 is 0. The minimum atomic E-state index is -0.679. The molecule has 0 bridgehead atoms. The van der Waals surface area contributed by atoms with Gasteiger partial charge in [0.2, 0.25) is 0 Å². The molecule has 3 rings (SSSR count). The van der Waals surface area contributed by atoms with Crippen molar-refractivity contribution < 1.29 is 9.53 Å². The van der Waals surface area contributed by atoms with Crippen molar-refractivity contribution in [3.8, 4) is 0 Å². The molecule has 2 aliphatic heterocycles. The van der Waals surface area contributed by atoms with Gasteiger partial charge in [0.25, 0.3) is 0 Å². The summed E-state index contributed by atoms with van der Waals surface area (Å²) in [6, 6.07) is 9.89. The molecule has 4 heteroatoms. The Hall–Kier alpha value is -1.84. The Morgan fingerprint density at radius 2 is 2.12 bits per heavy atom. The highest BCUT2D eigenvalue weighted by molar-refractivity contribution is 5.95. The van der Waals surface area contributed by atoms with E-state index in [-0.39, 0.29) is 18.0 Å². The summed E-state index contributed by atoms with van der Waals surface area (Å²) in [5.41, 5.74) is 3.32. The van der Waals surface area contributed by atoms with Crippen molar-refractivity contribution >= 4 is 12.2 Å². The zero-order valence-electron chi connectivity index (χ0n) is 8.88. The van der Waals surface area contributed by atoms with Crippen LogP contribution in [0.3, 0.4) is 0 Å². The van der Waals surface area contributed by atoms with E-state index in [0.717, 1.165) is 5.56 Å². The van der Waals surface area contributed by atoms with Crippen LogP contribution in [0.4, 0.5) is 0 Å². The van der Waals surface area contributed by atoms with Gasteiger partial charge in [0.15, 0.2) is 5.54 Å². The lowest BCUT2D eigenvalue weighted by molar-refractivity contribution is -0.191. The molecule has 1 aromatic rings. The summed E-state index contributed by atoms with van der Waals surface area (Å²) in [6.45, 7) is 1.89. The van der Waals surface area contributed by atoms with Gasteiger partial charge in [-0.3, -0.25) is 5.43 Å². The Morgan fingerprint density at radius 3 is 2.75 bits per heavy atom. The maximum absolute atomic E-state index is 11.7. The van der Waals surface area contributed by atoms with Crippen LogP contribution < -0.4 is 5.43 Å². The van der Waals surface area contributed by atoms with Crippen LogP contribution in [0.5, 0.6) is 0 Å². The lowest BCUT2D eigenvalue weighted by Gasteiger charge is -2.45. The Kier molecular flexibility index (Phi) is 1.80. The first-order chi connectivity index (χ1) is 7.75. The zero-order valence-corrected chi connectivity index (χ0v) is 8.88. The first kappa shape index (κ1) is 9.39. The second-order valence-corrected chi connectivity index (χ2v) is 4.19. The summed E-state index contributed by atoms with van der Waals surface area (Å²) < 4.78 is 5.05. The Balaban J connectivity index is 2.02.